The Labute approximate surface area is 349 Å². The summed E-state index contributed by atoms with van der Waals surface area (Å²) in [6.45, 7) is 0. The number of rotatable bonds is 7. The van der Waals surface area contributed by atoms with Crippen molar-refractivity contribution in [2.24, 2.45) is 0 Å². The Morgan fingerprint density at radius 1 is 0.322 bits per heavy atom. The summed E-state index contributed by atoms with van der Waals surface area (Å²) in [6.07, 6.45) is 4.91. The normalized spacial score (nSPS) is 14.4. The van der Waals surface area contributed by atoms with E-state index in [1.165, 1.54) is 76.6 Å². The summed E-state index contributed by atoms with van der Waals surface area (Å²) in [5, 5.41) is 0. The van der Waals surface area contributed by atoms with Gasteiger partial charge in [0.25, 0.3) is 0 Å². The van der Waals surface area contributed by atoms with Gasteiger partial charge in [0.05, 0.1) is 5.41 Å². The zero-order valence-corrected chi connectivity index (χ0v) is 34.0. The van der Waals surface area contributed by atoms with Gasteiger partial charge in [-0.3, -0.25) is 0 Å². The van der Waals surface area contributed by atoms with Gasteiger partial charge in [0, 0.05) is 26.9 Å². The van der Waals surface area contributed by atoms with Gasteiger partial charge in [-0.25, -0.2) is 0 Å². The Kier molecular flexibility index (Phi) is 8.32. The van der Waals surface area contributed by atoms with Crippen LogP contribution in [0.4, 0.5) is 17.1 Å². The van der Waals surface area contributed by atoms with Gasteiger partial charge in [0.2, 0.25) is 0 Å². The lowest BCUT2D eigenvalue weighted by Crippen LogP contribution is -2.28. The molecule has 0 amide bonds. The number of benzene rings is 9. The van der Waals surface area contributed by atoms with Crippen molar-refractivity contribution in [3.63, 3.8) is 0 Å². The monoisotopic (exact) mass is 773 g/mol. The lowest BCUT2D eigenvalue weighted by molar-refractivity contribution is 0.768. The lowest BCUT2D eigenvalue weighted by Gasteiger charge is -2.35. The summed E-state index contributed by atoms with van der Waals surface area (Å²) in [7, 11) is -1.25. The van der Waals surface area contributed by atoms with Crippen molar-refractivity contribution in [1.82, 2.24) is 0 Å². The van der Waals surface area contributed by atoms with Crippen molar-refractivity contribution >= 4 is 27.1 Å². The van der Waals surface area contributed by atoms with E-state index in [-0.39, 0.29) is 0 Å². The highest BCUT2D eigenvalue weighted by molar-refractivity contribution is 8.33. The molecule has 2 heteroatoms. The molecule has 0 spiro atoms. The van der Waals surface area contributed by atoms with Crippen LogP contribution in [0, 0.1) is 0 Å². The molecule has 1 heterocycles. The van der Waals surface area contributed by atoms with E-state index in [0.717, 1.165) is 17.1 Å². The molecule has 0 saturated carbocycles. The molecule has 0 aromatic heterocycles. The quantitative estimate of drug-likeness (QED) is 0.156. The van der Waals surface area contributed by atoms with E-state index in [0.29, 0.717) is 0 Å². The second kappa shape index (κ2) is 13.9. The summed E-state index contributed by atoms with van der Waals surface area (Å²) >= 11 is 0. The summed E-state index contributed by atoms with van der Waals surface area (Å²) < 4.78 is 0. The lowest BCUT2D eigenvalue weighted by atomic mass is 9.67. The van der Waals surface area contributed by atoms with Crippen molar-refractivity contribution in [2.45, 2.75) is 15.2 Å². The zero-order chi connectivity index (χ0) is 39.6. The van der Waals surface area contributed by atoms with E-state index in [9.17, 15) is 0 Å². The fraction of sp³-hybridized carbons (Fsp3) is 0.0526. The highest BCUT2D eigenvalue weighted by atomic mass is 32.3. The van der Waals surface area contributed by atoms with Gasteiger partial charge in [-0.1, -0.05) is 176 Å². The molecule has 0 fully saturated rings. The minimum absolute atomic E-state index is 0.511. The number of nitrogens with zero attached hydrogens (tertiary/aromatic N) is 1. The van der Waals surface area contributed by atoms with Gasteiger partial charge in [0.1, 0.15) is 0 Å². The molecule has 0 bridgehead atoms. The summed E-state index contributed by atoms with van der Waals surface area (Å²) in [6, 6.07) is 83.4. The molecule has 0 saturated heterocycles. The molecule has 1 aliphatic carbocycles. The fourth-order valence-corrected chi connectivity index (χ4v) is 12.4. The maximum absolute atomic E-state index is 2.51. The molecule has 59 heavy (non-hydrogen) atoms. The molecule has 0 N–H and O–H groups in total. The number of anilines is 3. The molecule has 9 aromatic rings. The van der Waals surface area contributed by atoms with Crippen LogP contribution in [0.1, 0.15) is 22.3 Å². The third-order valence-electron chi connectivity index (χ3n) is 12.6. The minimum Gasteiger partial charge on any atom is -0.310 e. The highest BCUT2D eigenvalue weighted by Crippen LogP contribution is 2.68. The Hall–Kier alpha value is -6.87. The van der Waals surface area contributed by atoms with Gasteiger partial charge in [-0.05, 0) is 128 Å². The average molecular weight is 774 g/mol. The van der Waals surface area contributed by atoms with E-state index >= 15 is 0 Å². The van der Waals surface area contributed by atoms with Gasteiger partial charge in [-0.2, -0.15) is 10.0 Å². The molecule has 0 atom stereocenters. The van der Waals surface area contributed by atoms with Crippen LogP contribution >= 0.6 is 10.0 Å². The number of fused-ring (bicyclic) bond motifs is 6. The molecule has 11 rings (SSSR count). The first kappa shape index (κ1) is 35.3. The molecular weight excluding hydrogens is 731 g/mol. The highest BCUT2D eigenvalue weighted by Gasteiger charge is 2.46. The van der Waals surface area contributed by atoms with Crippen molar-refractivity contribution in [3.05, 3.63) is 247 Å². The van der Waals surface area contributed by atoms with E-state index in [1.807, 2.05) is 0 Å². The Bertz CT molecular complexity index is 2920. The zero-order valence-electron chi connectivity index (χ0n) is 33.2. The molecular formula is C57H43NS. The minimum atomic E-state index is -1.25. The molecule has 0 unspecified atom stereocenters. The third kappa shape index (κ3) is 5.55. The summed E-state index contributed by atoms with van der Waals surface area (Å²) in [5.41, 5.74) is 18.1. The Morgan fingerprint density at radius 2 is 0.814 bits per heavy atom. The molecule has 1 nitrogen and oxygen atoms in total. The molecule has 2 aliphatic rings. The van der Waals surface area contributed by atoms with Crippen LogP contribution < -0.4 is 4.90 Å². The average Bonchev–Trinajstić information content (AvgIpc) is 3.73. The van der Waals surface area contributed by atoms with Crippen LogP contribution in [0.5, 0.6) is 0 Å². The fourth-order valence-electron chi connectivity index (χ4n) is 9.92. The molecule has 282 valence electrons. The van der Waals surface area contributed by atoms with Crippen LogP contribution in [0.25, 0.3) is 44.5 Å². The molecule has 0 radical (unpaired) electrons. The largest absolute Gasteiger partial charge is 0.310 e. The van der Waals surface area contributed by atoms with Crippen LogP contribution in [0.2, 0.25) is 0 Å². The second-order valence-corrected chi connectivity index (χ2v) is 19.6. The second-order valence-electron chi connectivity index (χ2n) is 16.1. The first-order valence-corrected chi connectivity index (χ1v) is 22.9. The smallest absolute Gasteiger partial charge is 0.0714 e. The maximum Gasteiger partial charge on any atom is 0.0714 e. The van der Waals surface area contributed by atoms with Gasteiger partial charge in [-0.15, -0.1) is 0 Å². The predicted octanol–water partition coefficient (Wildman–Crippen LogP) is 15.3. The van der Waals surface area contributed by atoms with E-state index in [4.69, 9.17) is 0 Å². The summed E-state index contributed by atoms with van der Waals surface area (Å²) in [4.78, 5) is 5.40. The number of hydrogen-bond donors (Lipinski definition) is 0. The summed E-state index contributed by atoms with van der Waals surface area (Å²) in [5.74, 6) is 0. The Morgan fingerprint density at radius 3 is 1.44 bits per heavy atom. The predicted molar refractivity (Wildman–Crippen MR) is 251 cm³/mol. The molecule has 1 aliphatic heterocycles. The third-order valence-corrected chi connectivity index (χ3v) is 15.5. The van der Waals surface area contributed by atoms with Crippen LogP contribution in [-0.4, -0.2) is 12.5 Å². The first-order chi connectivity index (χ1) is 29.0. The van der Waals surface area contributed by atoms with Crippen LogP contribution in [0.15, 0.2) is 234 Å². The SMILES string of the molecule is CS1(C)c2ccccc2-c2ccc(N(c3cc(-c4ccccc4)cc(-c4ccccc4)c3)c3cccc(C4(c5ccccc5)c5ccccc5-c5ccccc54)c3)cc21. The number of hydrogen-bond acceptors (Lipinski definition) is 1. The van der Waals surface area contributed by atoms with Gasteiger partial charge in [0.15, 0.2) is 0 Å². The first-order valence-electron chi connectivity index (χ1n) is 20.4. The van der Waals surface area contributed by atoms with E-state index in [1.54, 1.807) is 0 Å². The van der Waals surface area contributed by atoms with Crippen molar-refractivity contribution < 1.29 is 0 Å². The van der Waals surface area contributed by atoms with Gasteiger partial charge < -0.3 is 4.90 Å². The topological polar surface area (TPSA) is 3.24 Å². The Balaban J connectivity index is 1.19. The van der Waals surface area contributed by atoms with Crippen molar-refractivity contribution in [3.8, 4) is 44.5 Å². The standard InChI is InChI=1S/C57H43NS/c1-59(2)55-32-17-14-29-51(55)52-34-33-47(39-56(52)59)58(48-36-42(40-19-6-3-7-20-40)35-43(37-48)41-21-8-4-9-22-41)46-26-18-25-45(38-46)57(44-23-10-5-11-24-44)53-30-15-12-27-49(53)50-28-13-16-31-54(50)57/h3-39H,1-2H3. The van der Waals surface area contributed by atoms with Crippen molar-refractivity contribution in [2.75, 3.05) is 17.4 Å². The van der Waals surface area contributed by atoms with Crippen molar-refractivity contribution in [1.29, 1.82) is 0 Å². The van der Waals surface area contributed by atoms with Gasteiger partial charge >= 0.3 is 0 Å². The van der Waals surface area contributed by atoms with Crippen LogP contribution in [0.3, 0.4) is 0 Å². The molecule has 9 aromatic carbocycles. The van der Waals surface area contributed by atoms with E-state index in [2.05, 4.69) is 242 Å². The van der Waals surface area contributed by atoms with Crippen LogP contribution in [-0.2, 0) is 5.41 Å². The maximum atomic E-state index is 2.51. The van der Waals surface area contributed by atoms with E-state index < -0.39 is 15.4 Å².